The Labute approximate surface area is 124 Å². The fraction of sp³-hybridized carbons (Fsp3) is 0.571. The average molecular weight is 379 g/mol. The van der Waals surface area contributed by atoms with Crippen molar-refractivity contribution in [2.45, 2.75) is 31.1 Å². The van der Waals surface area contributed by atoms with E-state index in [1.54, 1.807) is 0 Å². The largest absolute Gasteiger partial charge is 0.117 e. The second-order valence-electron chi connectivity index (χ2n) is 5.41. The van der Waals surface area contributed by atoms with Crippen molar-refractivity contribution in [2.75, 3.05) is 0 Å². The predicted octanol–water partition coefficient (Wildman–Crippen LogP) is 5.93. The summed E-state index contributed by atoms with van der Waals surface area (Å²) in [6, 6.07) is 6.30. The summed E-state index contributed by atoms with van der Waals surface area (Å²) in [4.78, 5) is 0. The monoisotopic (exact) mass is 376 g/mol. The van der Waals surface area contributed by atoms with Crippen LogP contribution in [0.3, 0.4) is 0 Å². The van der Waals surface area contributed by atoms with Gasteiger partial charge in [-0.3, -0.25) is 0 Å². The van der Waals surface area contributed by atoms with E-state index in [1.807, 2.05) is 0 Å². The molecule has 0 radical (unpaired) electrons. The molecule has 2 fully saturated rings. The lowest BCUT2D eigenvalue weighted by atomic mass is 9.84. The topological polar surface area (TPSA) is 0 Å². The van der Waals surface area contributed by atoms with Crippen molar-refractivity contribution in [3.8, 4) is 0 Å². The summed E-state index contributed by atoms with van der Waals surface area (Å²) in [6.45, 7) is 0. The van der Waals surface area contributed by atoms with E-state index in [0.29, 0.717) is 5.92 Å². The van der Waals surface area contributed by atoms with Crippen molar-refractivity contribution in [2.24, 2.45) is 17.8 Å². The Bertz CT molecular complexity index is 432. The molecule has 0 saturated heterocycles. The number of alkyl halides is 1. The molecule has 4 atom stereocenters. The van der Waals surface area contributed by atoms with Gasteiger partial charge in [-0.1, -0.05) is 38.3 Å². The first kappa shape index (κ1) is 12.5. The molecule has 0 amide bonds. The predicted molar refractivity (Wildman–Crippen MR) is 79.4 cm³/mol. The fourth-order valence-electron chi connectivity index (χ4n) is 3.61. The first-order chi connectivity index (χ1) is 8.15. The van der Waals surface area contributed by atoms with Gasteiger partial charge in [-0.15, -0.1) is 11.6 Å². The minimum absolute atomic E-state index is 0.164. The zero-order valence-corrected chi connectivity index (χ0v) is 13.4. The third-order valence-electron chi connectivity index (χ3n) is 4.42. The lowest BCUT2D eigenvalue weighted by molar-refractivity contribution is 0.323. The molecule has 17 heavy (non-hydrogen) atoms. The quantitative estimate of drug-likeness (QED) is 0.560. The Balaban J connectivity index is 1.86. The van der Waals surface area contributed by atoms with Crippen molar-refractivity contribution >= 4 is 43.5 Å². The molecule has 2 saturated carbocycles. The van der Waals surface area contributed by atoms with Gasteiger partial charge >= 0.3 is 0 Å². The number of hydrogen-bond acceptors (Lipinski definition) is 0. The summed E-state index contributed by atoms with van der Waals surface area (Å²) in [5.74, 6) is 2.51. The van der Waals surface area contributed by atoms with Crippen LogP contribution in [0.15, 0.2) is 27.1 Å². The minimum Gasteiger partial charge on any atom is -0.117 e. The van der Waals surface area contributed by atoms with Gasteiger partial charge in [-0.25, -0.2) is 0 Å². The normalized spacial score (nSPS) is 33.0. The molecule has 0 aromatic heterocycles. The first-order valence-corrected chi connectivity index (χ1v) is 8.26. The molecule has 2 aliphatic rings. The Morgan fingerprint density at radius 2 is 2.00 bits per heavy atom. The van der Waals surface area contributed by atoms with Crippen LogP contribution >= 0.6 is 43.5 Å². The standard InChI is InChI=1S/C14H15Br2Cl/c15-10-3-4-13(16)12(7-10)14(17)11-6-8-1-2-9(11)5-8/h3-4,7-9,11,14H,1-2,5-6H2. The van der Waals surface area contributed by atoms with Gasteiger partial charge in [0.2, 0.25) is 0 Å². The minimum atomic E-state index is 0.164. The lowest BCUT2D eigenvalue weighted by Gasteiger charge is -2.27. The molecule has 3 heteroatoms. The Morgan fingerprint density at radius 1 is 1.18 bits per heavy atom. The van der Waals surface area contributed by atoms with E-state index >= 15 is 0 Å². The zero-order chi connectivity index (χ0) is 12.0. The molecule has 0 heterocycles. The summed E-state index contributed by atoms with van der Waals surface area (Å²) in [6.07, 6.45) is 5.58. The van der Waals surface area contributed by atoms with Gasteiger partial charge in [-0.05, 0) is 60.8 Å². The van der Waals surface area contributed by atoms with Gasteiger partial charge < -0.3 is 0 Å². The summed E-state index contributed by atoms with van der Waals surface area (Å²) in [5.41, 5.74) is 1.25. The lowest BCUT2D eigenvalue weighted by Crippen LogP contribution is -2.16. The van der Waals surface area contributed by atoms with Crippen LogP contribution in [0, 0.1) is 17.8 Å². The Hall–Kier alpha value is 0.470. The van der Waals surface area contributed by atoms with Crippen LogP contribution in [-0.2, 0) is 0 Å². The third kappa shape index (κ3) is 2.33. The van der Waals surface area contributed by atoms with E-state index in [0.717, 1.165) is 20.8 Å². The molecule has 2 bridgehead atoms. The van der Waals surface area contributed by atoms with Gasteiger partial charge in [0, 0.05) is 8.95 Å². The van der Waals surface area contributed by atoms with Crippen molar-refractivity contribution in [1.82, 2.24) is 0 Å². The fourth-order valence-corrected chi connectivity index (χ4v) is 5.10. The van der Waals surface area contributed by atoms with Gasteiger partial charge in [0.15, 0.2) is 0 Å². The van der Waals surface area contributed by atoms with E-state index in [9.17, 15) is 0 Å². The Kier molecular flexibility index (Phi) is 3.58. The second-order valence-corrected chi connectivity index (χ2v) is 7.65. The van der Waals surface area contributed by atoms with Crippen LogP contribution in [0.25, 0.3) is 0 Å². The van der Waals surface area contributed by atoms with E-state index in [2.05, 4.69) is 50.1 Å². The van der Waals surface area contributed by atoms with Gasteiger partial charge in [0.1, 0.15) is 0 Å². The van der Waals surface area contributed by atoms with Crippen molar-refractivity contribution in [3.05, 3.63) is 32.7 Å². The van der Waals surface area contributed by atoms with Gasteiger partial charge in [0.05, 0.1) is 5.38 Å². The van der Waals surface area contributed by atoms with Crippen LogP contribution in [-0.4, -0.2) is 0 Å². The van der Waals surface area contributed by atoms with Crippen molar-refractivity contribution < 1.29 is 0 Å². The number of rotatable bonds is 2. The smallest absolute Gasteiger partial charge is 0.0627 e. The molecule has 4 unspecified atom stereocenters. The van der Waals surface area contributed by atoms with Crippen molar-refractivity contribution in [3.63, 3.8) is 0 Å². The SMILES string of the molecule is ClC(c1cc(Br)ccc1Br)C1CC2CCC1C2. The Morgan fingerprint density at radius 3 is 2.65 bits per heavy atom. The van der Waals surface area contributed by atoms with Crippen LogP contribution in [0.1, 0.15) is 36.6 Å². The van der Waals surface area contributed by atoms with Crippen molar-refractivity contribution in [1.29, 1.82) is 0 Å². The summed E-state index contributed by atoms with van der Waals surface area (Å²) < 4.78 is 2.26. The highest BCUT2D eigenvalue weighted by atomic mass is 79.9. The molecule has 2 aliphatic carbocycles. The molecule has 92 valence electrons. The molecular formula is C14H15Br2Cl. The maximum absolute atomic E-state index is 6.73. The second kappa shape index (κ2) is 4.86. The highest BCUT2D eigenvalue weighted by Crippen LogP contribution is 2.55. The van der Waals surface area contributed by atoms with E-state index in [1.165, 1.54) is 31.2 Å². The molecule has 0 N–H and O–H groups in total. The van der Waals surface area contributed by atoms with Crippen LogP contribution in [0.2, 0.25) is 0 Å². The molecular weight excluding hydrogens is 363 g/mol. The molecule has 1 aromatic carbocycles. The highest BCUT2D eigenvalue weighted by Gasteiger charge is 2.43. The maximum Gasteiger partial charge on any atom is 0.0627 e. The van der Waals surface area contributed by atoms with E-state index < -0.39 is 0 Å². The molecule has 3 rings (SSSR count). The maximum atomic E-state index is 6.73. The number of benzene rings is 1. The van der Waals surface area contributed by atoms with E-state index in [-0.39, 0.29) is 5.38 Å². The summed E-state index contributed by atoms with van der Waals surface area (Å²) in [7, 11) is 0. The first-order valence-electron chi connectivity index (χ1n) is 6.24. The zero-order valence-electron chi connectivity index (χ0n) is 9.50. The molecule has 0 nitrogen and oxygen atoms in total. The molecule has 0 spiro atoms. The molecule has 0 aliphatic heterocycles. The van der Waals surface area contributed by atoms with Gasteiger partial charge in [-0.2, -0.15) is 0 Å². The van der Waals surface area contributed by atoms with Gasteiger partial charge in [0.25, 0.3) is 0 Å². The van der Waals surface area contributed by atoms with Crippen LogP contribution in [0.4, 0.5) is 0 Å². The summed E-state index contributed by atoms with van der Waals surface area (Å²) >= 11 is 13.9. The van der Waals surface area contributed by atoms with Crippen LogP contribution in [0.5, 0.6) is 0 Å². The van der Waals surface area contributed by atoms with E-state index in [4.69, 9.17) is 11.6 Å². The number of fused-ring (bicyclic) bond motifs is 2. The summed E-state index contributed by atoms with van der Waals surface area (Å²) in [5, 5.41) is 0.164. The molecule has 1 aromatic rings. The third-order valence-corrected chi connectivity index (χ3v) is 6.20. The highest BCUT2D eigenvalue weighted by molar-refractivity contribution is 9.11. The number of halogens is 3. The number of hydrogen-bond donors (Lipinski definition) is 0. The average Bonchev–Trinajstić information content (AvgIpc) is 2.93. The van der Waals surface area contributed by atoms with Crippen LogP contribution < -0.4 is 0 Å².